The predicted octanol–water partition coefficient (Wildman–Crippen LogP) is 4.27. The Bertz CT molecular complexity index is 999. The first-order chi connectivity index (χ1) is 17.5. The van der Waals surface area contributed by atoms with Crippen molar-refractivity contribution in [1.29, 1.82) is 0 Å². The molecule has 0 aromatic heterocycles. The van der Waals surface area contributed by atoms with Crippen LogP contribution >= 0.6 is 0 Å². The number of carbonyl (C=O) groups excluding carboxylic acids is 1. The number of nitrogens with zero attached hydrogens (tertiary/aromatic N) is 2. The van der Waals surface area contributed by atoms with Gasteiger partial charge in [-0.25, -0.2) is 0 Å². The quantitative estimate of drug-likeness (QED) is 0.497. The van der Waals surface area contributed by atoms with Gasteiger partial charge in [0.05, 0.1) is 6.61 Å². The third-order valence-corrected chi connectivity index (χ3v) is 6.64. The molecule has 0 radical (unpaired) electrons. The topological polar surface area (TPSA) is 51.2 Å². The molecule has 2 atom stereocenters. The summed E-state index contributed by atoms with van der Waals surface area (Å²) in [7, 11) is 0. The highest BCUT2D eigenvalue weighted by Crippen LogP contribution is 2.39. The molecule has 1 aliphatic carbocycles. The van der Waals surface area contributed by atoms with Gasteiger partial charge < -0.3 is 19.1 Å². The predicted molar refractivity (Wildman–Crippen MR) is 129 cm³/mol. The Balaban J connectivity index is 1.42. The van der Waals surface area contributed by atoms with Gasteiger partial charge in [0.2, 0.25) is 0 Å². The van der Waals surface area contributed by atoms with Gasteiger partial charge in [-0.05, 0) is 23.1 Å². The Kier molecular flexibility index (Phi) is 8.60. The molecule has 204 valence electrons. The van der Waals surface area contributed by atoms with Crippen LogP contribution in [0.25, 0.3) is 0 Å². The fraction of sp³-hybridized carbons (Fsp3) is 0.593. The zero-order chi connectivity index (χ0) is 26.6. The maximum atomic E-state index is 13.9. The van der Waals surface area contributed by atoms with E-state index in [9.17, 15) is 22.4 Å². The summed E-state index contributed by atoms with van der Waals surface area (Å²) in [6.07, 6.45) is 1.80. The van der Waals surface area contributed by atoms with Gasteiger partial charge in [-0.3, -0.25) is 9.69 Å². The van der Waals surface area contributed by atoms with Crippen LogP contribution in [0.1, 0.15) is 25.8 Å². The van der Waals surface area contributed by atoms with E-state index in [0.717, 1.165) is 24.2 Å². The molecular weight excluding hydrogens is 492 g/mol. The number of hydrogen-bond donors (Lipinski definition) is 0. The Morgan fingerprint density at radius 3 is 2.54 bits per heavy atom. The van der Waals surface area contributed by atoms with Crippen molar-refractivity contribution in [3.8, 4) is 0 Å². The number of alkyl halides is 4. The van der Waals surface area contributed by atoms with Crippen LogP contribution in [0.2, 0.25) is 0 Å². The molecule has 0 spiro atoms. The Labute approximate surface area is 214 Å². The summed E-state index contributed by atoms with van der Waals surface area (Å²) in [6.45, 7) is 4.29. The third-order valence-electron chi connectivity index (χ3n) is 6.64. The maximum Gasteiger partial charge on any atom is 0.345 e. The van der Waals surface area contributed by atoms with Gasteiger partial charge in [-0.15, -0.1) is 0 Å². The fourth-order valence-corrected chi connectivity index (χ4v) is 4.66. The van der Waals surface area contributed by atoms with Gasteiger partial charge in [0.25, 0.3) is 5.91 Å². The highest BCUT2D eigenvalue weighted by Gasteiger charge is 2.58. The number of amides is 1. The molecule has 4 rings (SSSR count). The fourth-order valence-electron chi connectivity index (χ4n) is 4.66. The number of morpholine rings is 1. The van der Waals surface area contributed by atoms with Gasteiger partial charge in [-0.1, -0.05) is 50.3 Å². The van der Waals surface area contributed by atoms with Gasteiger partial charge in [0, 0.05) is 39.1 Å². The van der Waals surface area contributed by atoms with Crippen molar-refractivity contribution in [3.63, 3.8) is 0 Å². The summed E-state index contributed by atoms with van der Waals surface area (Å²) in [4.78, 5) is 17.5. The highest BCUT2D eigenvalue weighted by atomic mass is 19.3. The number of allylic oxidation sites excluding steroid dienone is 2. The standard InChI is InChI=1S/C27H34F4N2O4/c1-19(2)13-33(25(34)24-16-32(10-11-35-24)14-20-6-4-3-5-7-20)15-21-8-9-22-23(12-21)37-18-27(30,31)26(28,29)17-36-22/h3-9,19,23-24H,10-18H2,1-2H3. The monoisotopic (exact) mass is 526 g/mol. The average molecular weight is 527 g/mol. The lowest BCUT2D eigenvalue weighted by Crippen LogP contribution is -2.52. The molecule has 2 unspecified atom stereocenters. The summed E-state index contributed by atoms with van der Waals surface area (Å²) >= 11 is 0. The summed E-state index contributed by atoms with van der Waals surface area (Å²) in [5.41, 5.74) is 1.92. The third kappa shape index (κ3) is 6.91. The van der Waals surface area contributed by atoms with Gasteiger partial charge in [0.15, 0.2) is 6.61 Å². The number of hydrogen-bond acceptors (Lipinski definition) is 5. The zero-order valence-electron chi connectivity index (χ0n) is 21.2. The van der Waals surface area contributed by atoms with E-state index in [2.05, 4.69) is 4.90 Å². The summed E-state index contributed by atoms with van der Waals surface area (Å²) in [6, 6.07) is 10.0. The smallest absolute Gasteiger partial charge is 0.345 e. The Hall–Kier alpha value is -2.43. The number of ether oxygens (including phenoxy) is 3. The molecule has 0 bridgehead atoms. The minimum absolute atomic E-state index is 0.0906. The van der Waals surface area contributed by atoms with Crippen molar-refractivity contribution in [3.05, 3.63) is 59.4 Å². The largest absolute Gasteiger partial charge is 0.489 e. The van der Waals surface area contributed by atoms with Crippen LogP contribution in [0.3, 0.4) is 0 Å². The lowest BCUT2D eigenvalue weighted by molar-refractivity contribution is -0.264. The molecule has 2 fully saturated rings. The van der Waals surface area contributed by atoms with E-state index in [1.54, 1.807) is 11.0 Å². The first kappa shape index (κ1) is 27.6. The van der Waals surface area contributed by atoms with E-state index < -0.39 is 37.3 Å². The molecule has 1 aromatic carbocycles. The molecule has 2 aliphatic heterocycles. The second-order valence-electron chi connectivity index (χ2n) is 10.3. The van der Waals surface area contributed by atoms with E-state index in [-0.39, 0.29) is 30.5 Å². The minimum atomic E-state index is -4.33. The first-order valence-electron chi connectivity index (χ1n) is 12.6. The molecule has 10 heteroatoms. The van der Waals surface area contributed by atoms with Crippen LogP contribution < -0.4 is 0 Å². The normalized spacial score (nSPS) is 25.7. The lowest BCUT2D eigenvalue weighted by atomic mass is 9.98. The van der Waals surface area contributed by atoms with Crippen LogP contribution in [0.5, 0.6) is 0 Å². The molecule has 1 amide bonds. The Morgan fingerprint density at radius 1 is 1.08 bits per heavy atom. The van der Waals surface area contributed by atoms with Gasteiger partial charge >= 0.3 is 11.8 Å². The second-order valence-corrected chi connectivity index (χ2v) is 10.3. The van der Waals surface area contributed by atoms with Crippen molar-refractivity contribution < 1.29 is 36.6 Å². The second kappa shape index (κ2) is 11.5. The number of carbonyl (C=O) groups is 1. The van der Waals surface area contributed by atoms with E-state index >= 15 is 0 Å². The average Bonchev–Trinajstić information content (AvgIpc) is 2.86. The first-order valence-corrected chi connectivity index (χ1v) is 12.6. The van der Waals surface area contributed by atoms with Crippen molar-refractivity contribution in [2.45, 2.75) is 50.9 Å². The summed E-state index contributed by atoms with van der Waals surface area (Å²) in [5.74, 6) is -8.51. The lowest BCUT2D eigenvalue weighted by Gasteiger charge is -2.37. The maximum absolute atomic E-state index is 13.9. The van der Waals surface area contributed by atoms with Gasteiger partial charge in [0.1, 0.15) is 24.6 Å². The zero-order valence-corrected chi connectivity index (χ0v) is 21.2. The number of halogens is 4. The number of fused-ring (bicyclic) bond motifs is 1. The van der Waals surface area contributed by atoms with Crippen molar-refractivity contribution >= 4 is 5.91 Å². The molecule has 1 aromatic rings. The van der Waals surface area contributed by atoms with E-state index in [0.29, 0.717) is 19.7 Å². The van der Waals surface area contributed by atoms with Crippen molar-refractivity contribution in [2.75, 3.05) is 46.0 Å². The van der Waals surface area contributed by atoms with Crippen LogP contribution in [-0.4, -0.2) is 85.8 Å². The van der Waals surface area contributed by atoms with E-state index in [1.807, 2.05) is 44.2 Å². The van der Waals surface area contributed by atoms with Crippen LogP contribution in [0.15, 0.2) is 53.8 Å². The summed E-state index contributed by atoms with van der Waals surface area (Å²) < 4.78 is 71.2. The molecule has 2 saturated heterocycles. The highest BCUT2D eigenvalue weighted by molar-refractivity contribution is 5.81. The van der Waals surface area contributed by atoms with Crippen LogP contribution in [-0.2, 0) is 25.5 Å². The van der Waals surface area contributed by atoms with E-state index in [1.165, 1.54) is 6.08 Å². The summed E-state index contributed by atoms with van der Waals surface area (Å²) in [5, 5.41) is 0. The molecule has 2 heterocycles. The van der Waals surface area contributed by atoms with Crippen molar-refractivity contribution in [2.24, 2.45) is 5.92 Å². The molecule has 37 heavy (non-hydrogen) atoms. The molecular formula is C27H34F4N2O4. The minimum Gasteiger partial charge on any atom is -0.489 e. The van der Waals surface area contributed by atoms with E-state index in [4.69, 9.17) is 14.2 Å². The molecule has 3 aliphatic rings. The number of rotatable bonds is 7. The van der Waals surface area contributed by atoms with Crippen LogP contribution in [0.4, 0.5) is 17.6 Å². The van der Waals surface area contributed by atoms with Gasteiger partial charge in [-0.2, -0.15) is 17.6 Å². The van der Waals surface area contributed by atoms with Crippen LogP contribution in [0, 0.1) is 5.92 Å². The molecule has 6 nitrogen and oxygen atoms in total. The number of benzene rings is 1. The molecule has 0 saturated carbocycles. The Morgan fingerprint density at radius 2 is 1.81 bits per heavy atom. The SMILES string of the molecule is CC(C)CN(CC1=CC=C2OCC(F)(F)C(F)(F)COC2C1)C(=O)C1CN(Cc2ccccc2)CCO1. The molecule has 0 N–H and O–H groups in total. The van der Waals surface area contributed by atoms with Crippen molar-refractivity contribution in [1.82, 2.24) is 9.80 Å².